The second-order valence-corrected chi connectivity index (χ2v) is 6.97. The summed E-state index contributed by atoms with van der Waals surface area (Å²) in [6, 6.07) is 13.9. The van der Waals surface area contributed by atoms with Crippen LogP contribution in [0, 0.1) is 0 Å². The second kappa shape index (κ2) is 7.39. The molecule has 0 saturated carbocycles. The lowest BCUT2D eigenvalue weighted by Gasteiger charge is -2.08. The molecule has 6 heteroatoms. The molecule has 0 aliphatic carbocycles. The van der Waals surface area contributed by atoms with Crippen molar-refractivity contribution in [2.75, 3.05) is 5.32 Å². The standard InChI is InChI=1S/C17H20N2O3S/c1-3-14-4-6-15(7-5-14)12-18-23(21,22)17-10-8-16(9-11-17)19-13(2)20/h4-11,18H,3,12H2,1-2H3,(H,19,20). The van der Waals surface area contributed by atoms with Crippen LogP contribution in [-0.4, -0.2) is 14.3 Å². The van der Waals surface area contributed by atoms with Crippen molar-refractivity contribution in [3.63, 3.8) is 0 Å². The van der Waals surface area contributed by atoms with Gasteiger partial charge in [-0.2, -0.15) is 0 Å². The maximum Gasteiger partial charge on any atom is 0.240 e. The lowest BCUT2D eigenvalue weighted by Crippen LogP contribution is -2.23. The molecule has 0 spiro atoms. The van der Waals surface area contributed by atoms with Gasteiger partial charge in [0, 0.05) is 19.2 Å². The molecule has 2 aromatic carbocycles. The van der Waals surface area contributed by atoms with Crippen molar-refractivity contribution in [2.45, 2.75) is 31.7 Å². The number of hydrogen-bond donors (Lipinski definition) is 2. The first-order valence-corrected chi connectivity index (χ1v) is 8.84. The van der Waals surface area contributed by atoms with Crippen LogP contribution in [0.15, 0.2) is 53.4 Å². The van der Waals surface area contributed by atoms with Crippen molar-refractivity contribution in [3.8, 4) is 0 Å². The van der Waals surface area contributed by atoms with Crippen LogP contribution in [-0.2, 0) is 27.8 Å². The van der Waals surface area contributed by atoms with Crippen molar-refractivity contribution in [1.29, 1.82) is 0 Å². The molecule has 2 rings (SSSR count). The molecule has 2 N–H and O–H groups in total. The quantitative estimate of drug-likeness (QED) is 0.854. The van der Waals surface area contributed by atoms with Gasteiger partial charge in [-0.3, -0.25) is 4.79 Å². The van der Waals surface area contributed by atoms with E-state index < -0.39 is 10.0 Å². The number of aryl methyl sites for hydroxylation is 1. The van der Waals surface area contributed by atoms with E-state index in [2.05, 4.69) is 17.0 Å². The van der Waals surface area contributed by atoms with Crippen molar-refractivity contribution < 1.29 is 13.2 Å². The molecule has 0 radical (unpaired) electrons. The summed E-state index contributed by atoms with van der Waals surface area (Å²) >= 11 is 0. The first kappa shape index (κ1) is 17.2. The summed E-state index contributed by atoms with van der Waals surface area (Å²) in [5, 5.41) is 2.60. The predicted molar refractivity (Wildman–Crippen MR) is 90.6 cm³/mol. The van der Waals surface area contributed by atoms with Crippen LogP contribution in [0.4, 0.5) is 5.69 Å². The third kappa shape index (κ3) is 4.91. The van der Waals surface area contributed by atoms with Crippen LogP contribution in [0.5, 0.6) is 0 Å². The molecule has 122 valence electrons. The van der Waals surface area contributed by atoms with Crippen LogP contribution in [0.1, 0.15) is 25.0 Å². The molecule has 1 amide bonds. The number of anilines is 1. The average molecular weight is 332 g/mol. The molecule has 23 heavy (non-hydrogen) atoms. The fourth-order valence-corrected chi connectivity index (χ4v) is 3.09. The molecule has 2 aromatic rings. The van der Waals surface area contributed by atoms with Crippen molar-refractivity contribution >= 4 is 21.6 Å². The highest BCUT2D eigenvalue weighted by atomic mass is 32.2. The summed E-state index contributed by atoms with van der Waals surface area (Å²) in [4.78, 5) is 11.1. The van der Waals surface area contributed by atoms with Gasteiger partial charge in [0.15, 0.2) is 0 Å². The lowest BCUT2D eigenvalue weighted by molar-refractivity contribution is -0.114. The Morgan fingerprint density at radius 2 is 1.52 bits per heavy atom. The molecular formula is C17H20N2O3S. The summed E-state index contributed by atoms with van der Waals surface area (Å²) in [7, 11) is -3.58. The second-order valence-electron chi connectivity index (χ2n) is 5.20. The van der Waals surface area contributed by atoms with Gasteiger partial charge in [0.25, 0.3) is 0 Å². The number of amides is 1. The normalized spacial score (nSPS) is 11.2. The molecular weight excluding hydrogens is 312 g/mol. The minimum absolute atomic E-state index is 0.164. The Balaban J connectivity index is 2.04. The fraction of sp³-hybridized carbons (Fsp3) is 0.235. The van der Waals surface area contributed by atoms with Gasteiger partial charge in [-0.25, -0.2) is 13.1 Å². The number of carbonyl (C=O) groups excluding carboxylic acids is 1. The largest absolute Gasteiger partial charge is 0.326 e. The van der Waals surface area contributed by atoms with Crippen LogP contribution in [0.2, 0.25) is 0 Å². The summed E-state index contributed by atoms with van der Waals surface area (Å²) in [5.74, 6) is -0.200. The first-order valence-electron chi connectivity index (χ1n) is 7.36. The van der Waals surface area contributed by atoms with Gasteiger partial charge < -0.3 is 5.32 Å². The highest BCUT2D eigenvalue weighted by molar-refractivity contribution is 7.89. The van der Waals surface area contributed by atoms with E-state index in [0.29, 0.717) is 5.69 Å². The average Bonchev–Trinajstić information content (AvgIpc) is 2.53. The zero-order chi connectivity index (χ0) is 16.9. The van der Waals surface area contributed by atoms with E-state index in [0.717, 1.165) is 12.0 Å². The van der Waals surface area contributed by atoms with E-state index in [1.165, 1.54) is 24.6 Å². The minimum atomic E-state index is -3.58. The lowest BCUT2D eigenvalue weighted by atomic mass is 10.1. The van der Waals surface area contributed by atoms with Gasteiger partial charge in [0.05, 0.1) is 4.90 Å². The molecule has 5 nitrogen and oxygen atoms in total. The number of carbonyl (C=O) groups is 1. The van der Waals surface area contributed by atoms with Gasteiger partial charge in [-0.1, -0.05) is 31.2 Å². The molecule has 0 unspecified atom stereocenters. The third-order valence-electron chi connectivity index (χ3n) is 3.38. The zero-order valence-electron chi connectivity index (χ0n) is 13.2. The zero-order valence-corrected chi connectivity index (χ0v) is 14.0. The van der Waals surface area contributed by atoms with Crippen molar-refractivity contribution in [2.24, 2.45) is 0 Å². The number of rotatable bonds is 6. The van der Waals surface area contributed by atoms with Gasteiger partial charge >= 0.3 is 0 Å². The number of hydrogen-bond acceptors (Lipinski definition) is 3. The summed E-state index contributed by atoms with van der Waals surface area (Å²) < 4.78 is 27.1. The monoisotopic (exact) mass is 332 g/mol. The highest BCUT2D eigenvalue weighted by Crippen LogP contribution is 2.14. The van der Waals surface area contributed by atoms with E-state index in [1.807, 2.05) is 24.3 Å². The number of sulfonamides is 1. The van der Waals surface area contributed by atoms with E-state index >= 15 is 0 Å². The molecule has 0 atom stereocenters. The van der Waals surface area contributed by atoms with Crippen molar-refractivity contribution in [3.05, 3.63) is 59.7 Å². The Kier molecular flexibility index (Phi) is 5.52. The molecule has 0 heterocycles. The van der Waals surface area contributed by atoms with E-state index in [-0.39, 0.29) is 17.3 Å². The Hall–Kier alpha value is -2.18. The Morgan fingerprint density at radius 1 is 0.957 bits per heavy atom. The Bertz CT molecular complexity index is 766. The van der Waals surface area contributed by atoms with E-state index in [1.54, 1.807) is 12.1 Å². The van der Waals surface area contributed by atoms with Crippen molar-refractivity contribution in [1.82, 2.24) is 4.72 Å². The van der Waals surface area contributed by atoms with E-state index in [9.17, 15) is 13.2 Å². The Morgan fingerprint density at radius 3 is 2.04 bits per heavy atom. The smallest absolute Gasteiger partial charge is 0.240 e. The molecule has 0 saturated heterocycles. The highest BCUT2D eigenvalue weighted by Gasteiger charge is 2.13. The van der Waals surface area contributed by atoms with Gasteiger partial charge in [-0.05, 0) is 41.8 Å². The summed E-state index contributed by atoms with van der Waals surface area (Å²) in [5.41, 5.74) is 2.68. The number of nitrogens with one attached hydrogen (secondary N) is 2. The molecule has 0 fully saturated rings. The summed E-state index contributed by atoms with van der Waals surface area (Å²) in [6.45, 7) is 3.71. The predicted octanol–water partition coefficient (Wildman–Crippen LogP) is 2.69. The SMILES string of the molecule is CCc1ccc(CNS(=O)(=O)c2ccc(NC(C)=O)cc2)cc1. The van der Waals surface area contributed by atoms with Gasteiger partial charge in [-0.15, -0.1) is 0 Å². The maximum atomic E-state index is 12.3. The van der Waals surface area contributed by atoms with Crippen LogP contribution in [0.25, 0.3) is 0 Å². The van der Waals surface area contributed by atoms with Crippen LogP contribution < -0.4 is 10.0 Å². The van der Waals surface area contributed by atoms with E-state index in [4.69, 9.17) is 0 Å². The topological polar surface area (TPSA) is 75.3 Å². The Labute approximate surface area is 136 Å². The number of benzene rings is 2. The first-order chi connectivity index (χ1) is 10.9. The maximum absolute atomic E-state index is 12.3. The van der Waals surface area contributed by atoms with Crippen LogP contribution >= 0.6 is 0 Å². The van der Waals surface area contributed by atoms with Gasteiger partial charge in [0.2, 0.25) is 15.9 Å². The fourth-order valence-electron chi connectivity index (χ4n) is 2.08. The van der Waals surface area contributed by atoms with Gasteiger partial charge in [0.1, 0.15) is 0 Å². The third-order valence-corrected chi connectivity index (χ3v) is 4.80. The van der Waals surface area contributed by atoms with Crippen LogP contribution in [0.3, 0.4) is 0 Å². The molecule has 0 aliphatic rings. The molecule has 0 aromatic heterocycles. The summed E-state index contributed by atoms with van der Waals surface area (Å²) in [6.07, 6.45) is 0.951. The molecule has 0 bridgehead atoms. The minimum Gasteiger partial charge on any atom is -0.326 e. The molecule has 0 aliphatic heterocycles.